The summed E-state index contributed by atoms with van der Waals surface area (Å²) in [5.41, 5.74) is 6.91. The molecule has 35 heavy (non-hydrogen) atoms. The summed E-state index contributed by atoms with van der Waals surface area (Å²) in [4.78, 5) is 19.3. The Morgan fingerprint density at radius 3 is 2.17 bits per heavy atom. The van der Waals surface area contributed by atoms with Crippen molar-refractivity contribution in [1.82, 2.24) is 14.5 Å². The fraction of sp³-hybridized carbons (Fsp3) is 0.227. The van der Waals surface area contributed by atoms with E-state index in [4.69, 9.17) is 15.6 Å². The number of halogens is 6. The lowest BCUT2D eigenvalue weighted by molar-refractivity contribution is -0.192. The maximum Gasteiger partial charge on any atom is 0.490 e. The molecule has 2 aromatic carbocycles. The summed E-state index contributed by atoms with van der Waals surface area (Å²) in [7, 11) is 5.48. The lowest BCUT2D eigenvalue weighted by Crippen LogP contribution is -2.21. The molecule has 2 aromatic heterocycles. The number of carbonyl (C=O) groups is 1. The number of fused-ring (bicyclic) bond motifs is 3. The van der Waals surface area contributed by atoms with Crippen molar-refractivity contribution in [2.45, 2.75) is 12.4 Å². The van der Waals surface area contributed by atoms with Gasteiger partial charge in [-0.05, 0) is 23.8 Å². The summed E-state index contributed by atoms with van der Waals surface area (Å²) in [6.45, 7) is 0. The second kappa shape index (κ2) is 8.96. The topological polar surface area (TPSA) is 97.3 Å². The molecule has 0 fully saturated rings. The van der Waals surface area contributed by atoms with Crippen molar-refractivity contribution in [2.75, 3.05) is 24.7 Å². The van der Waals surface area contributed by atoms with Crippen molar-refractivity contribution in [1.29, 1.82) is 0 Å². The SMILES string of the molecule is CN(C)c1nc(N)nc2cc(-c3ccccc3C(F)(F)F)c3c(ccn3C)c12.O=C(O)C(F)(F)F. The molecule has 7 nitrogen and oxygen atoms in total. The fourth-order valence-electron chi connectivity index (χ4n) is 3.61. The quantitative estimate of drug-likeness (QED) is 0.373. The van der Waals surface area contributed by atoms with E-state index in [-0.39, 0.29) is 11.5 Å². The molecule has 0 bridgehead atoms. The molecule has 2 heterocycles. The van der Waals surface area contributed by atoms with E-state index in [0.29, 0.717) is 22.4 Å². The lowest BCUT2D eigenvalue weighted by atomic mass is 9.95. The van der Waals surface area contributed by atoms with Crippen LogP contribution in [0.15, 0.2) is 42.6 Å². The van der Waals surface area contributed by atoms with Crippen molar-refractivity contribution < 1.29 is 36.2 Å². The normalized spacial score (nSPS) is 11.9. The Morgan fingerprint density at radius 2 is 1.63 bits per heavy atom. The Kier molecular flexibility index (Phi) is 6.55. The largest absolute Gasteiger partial charge is 0.490 e. The number of hydrogen-bond donors (Lipinski definition) is 2. The van der Waals surface area contributed by atoms with Gasteiger partial charge in [-0.2, -0.15) is 31.3 Å². The molecule has 186 valence electrons. The molecule has 0 unspecified atom stereocenters. The summed E-state index contributed by atoms with van der Waals surface area (Å²) in [6.07, 6.45) is -7.73. The molecule has 0 saturated carbocycles. The van der Waals surface area contributed by atoms with Crippen LogP contribution in [0.4, 0.5) is 38.1 Å². The third kappa shape index (κ3) is 5.08. The van der Waals surface area contributed by atoms with E-state index >= 15 is 0 Å². The Morgan fingerprint density at radius 1 is 1.03 bits per heavy atom. The fourth-order valence-corrected chi connectivity index (χ4v) is 3.61. The van der Waals surface area contributed by atoms with Gasteiger partial charge in [0, 0.05) is 38.3 Å². The smallest absolute Gasteiger partial charge is 0.475 e. The number of nitrogens with two attached hydrogens (primary N) is 1. The zero-order valence-electron chi connectivity index (χ0n) is 18.5. The van der Waals surface area contributed by atoms with Gasteiger partial charge >= 0.3 is 18.3 Å². The summed E-state index contributed by atoms with van der Waals surface area (Å²) in [6, 6.07) is 9.09. The van der Waals surface area contributed by atoms with Crippen LogP contribution in [0.3, 0.4) is 0 Å². The average Bonchev–Trinajstić information content (AvgIpc) is 3.13. The first-order chi connectivity index (χ1) is 16.1. The van der Waals surface area contributed by atoms with Crippen LogP contribution in [0.2, 0.25) is 0 Å². The van der Waals surface area contributed by atoms with Crippen molar-refractivity contribution in [3.8, 4) is 11.1 Å². The Balaban J connectivity index is 0.000000429. The number of aromatic nitrogens is 3. The van der Waals surface area contributed by atoms with Gasteiger partial charge in [0.25, 0.3) is 0 Å². The van der Waals surface area contributed by atoms with E-state index in [9.17, 15) is 26.3 Å². The van der Waals surface area contributed by atoms with Gasteiger partial charge in [0.1, 0.15) is 5.82 Å². The van der Waals surface area contributed by atoms with Crippen molar-refractivity contribution in [2.24, 2.45) is 7.05 Å². The molecule has 0 amide bonds. The minimum atomic E-state index is -5.08. The highest BCUT2D eigenvalue weighted by Crippen LogP contribution is 2.42. The number of hydrogen-bond acceptors (Lipinski definition) is 5. The van der Waals surface area contributed by atoms with E-state index in [1.807, 2.05) is 35.8 Å². The van der Waals surface area contributed by atoms with Crippen molar-refractivity contribution >= 4 is 39.5 Å². The molecule has 0 radical (unpaired) electrons. The first kappa shape index (κ1) is 25.6. The van der Waals surface area contributed by atoms with Gasteiger partial charge in [0.05, 0.1) is 22.0 Å². The zero-order chi connectivity index (χ0) is 26.3. The molecule has 0 aliphatic heterocycles. The van der Waals surface area contributed by atoms with Gasteiger partial charge in [0.2, 0.25) is 5.95 Å². The number of aliphatic carboxylic acids is 1. The highest BCUT2D eigenvalue weighted by Gasteiger charge is 2.38. The number of carboxylic acid groups (broad SMARTS) is 1. The number of anilines is 2. The number of nitrogen functional groups attached to an aromatic ring is 1. The van der Waals surface area contributed by atoms with Crippen LogP contribution in [0.1, 0.15) is 5.56 Å². The second-order valence-corrected chi connectivity index (χ2v) is 7.65. The van der Waals surface area contributed by atoms with Crippen LogP contribution in [-0.4, -0.2) is 45.9 Å². The van der Waals surface area contributed by atoms with Gasteiger partial charge in [-0.15, -0.1) is 0 Å². The number of nitrogens with zero attached hydrogens (tertiary/aromatic N) is 4. The molecule has 0 aliphatic rings. The number of benzene rings is 2. The average molecular weight is 499 g/mol. The predicted octanol–water partition coefficient (Wildman–Crippen LogP) is 5.09. The maximum atomic E-state index is 13.6. The van der Waals surface area contributed by atoms with E-state index in [1.165, 1.54) is 12.1 Å². The molecule has 13 heteroatoms. The van der Waals surface area contributed by atoms with Gasteiger partial charge in [-0.25, -0.2) is 9.78 Å². The monoisotopic (exact) mass is 499 g/mol. The van der Waals surface area contributed by atoms with Crippen LogP contribution in [0.25, 0.3) is 32.9 Å². The van der Waals surface area contributed by atoms with Gasteiger partial charge in [0.15, 0.2) is 0 Å². The van der Waals surface area contributed by atoms with Crippen LogP contribution in [0, 0.1) is 0 Å². The van der Waals surface area contributed by atoms with E-state index < -0.39 is 23.9 Å². The van der Waals surface area contributed by atoms with Crippen molar-refractivity contribution in [3.05, 3.63) is 48.2 Å². The molecular weight excluding hydrogens is 480 g/mol. The molecule has 0 atom stereocenters. The maximum absolute atomic E-state index is 13.6. The van der Waals surface area contributed by atoms with Gasteiger partial charge < -0.3 is 20.3 Å². The summed E-state index contributed by atoms with van der Waals surface area (Å²) < 4.78 is 74.5. The Bertz CT molecular complexity index is 1410. The van der Waals surface area contributed by atoms with E-state index in [1.54, 1.807) is 19.2 Å². The van der Waals surface area contributed by atoms with Crippen LogP contribution < -0.4 is 10.6 Å². The highest BCUT2D eigenvalue weighted by atomic mass is 19.4. The standard InChI is InChI=1S/C20H18F3N5.C2HF3O2/c1-27(2)18-16-12-8-9-28(3)17(12)13(10-15(16)25-19(24)26-18)11-6-4-5-7-14(11)20(21,22)23;3-2(4,5)1(6)7/h4-10H,1-3H3,(H2,24,25,26);(H,6,7). The molecule has 3 N–H and O–H groups in total. The molecule has 0 aliphatic carbocycles. The van der Waals surface area contributed by atoms with Crippen molar-refractivity contribution in [3.63, 3.8) is 0 Å². The van der Waals surface area contributed by atoms with Crippen LogP contribution >= 0.6 is 0 Å². The lowest BCUT2D eigenvalue weighted by Gasteiger charge is -2.18. The third-order valence-electron chi connectivity index (χ3n) is 5.00. The molecular formula is C22H19F6N5O2. The van der Waals surface area contributed by atoms with Crippen LogP contribution in [-0.2, 0) is 18.0 Å². The number of rotatable bonds is 2. The Labute approximate surface area is 194 Å². The Hall–Kier alpha value is -4.03. The third-order valence-corrected chi connectivity index (χ3v) is 5.00. The molecule has 4 aromatic rings. The number of aryl methyl sites for hydroxylation is 1. The molecule has 4 rings (SSSR count). The van der Waals surface area contributed by atoms with Crippen LogP contribution in [0.5, 0.6) is 0 Å². The van der Waals surface area contributed by atoms with Gasteiger partial charge in [-0.3, -0.25) is 0 Å². The molecule has 0 saturated heterocycles. The minimum Gasteiger partial charge on any atom is -0.475 e. The number of alkyl halides is 6. The second-order valence-electron chi connectivity index (χ2n) is 7.65. The summed E-state index contributed by atoms with van der Waals surface area (Å²) in [5, 5.41) is 8.65. The highest BCUT2D eigenvalue weighted by molar-refractivity contribution is 6.16. The summed E-state index contributed by atoms with van der Waals surface area (Å²) >= 11 is 0. The zero-order valence-corrected chi connectivity index (χ0v) is 18.5. The first-order valence-electron chi connectivity index (χ1n) is 9.82. The number of carboxylic acids is 1. The minimum absolute atomic E-state index is 0.0709. The summed E-state index contributed by atoms with van der Waals surface area (Å²) in [5.74, 6) is -2.07. The molecule has 0 spiro atoms. The predicted molar refractivity (Wildman–Crippen MR) is 119 cm³/mol. The van der Waals surface area contributed by atoms with E-state index in [0.717, 1.165) is 16.8 Å². The van der Waals surface area contributed by atoms with Gasteiger partial charge in [-0.1, -0.05) is 18.2 Å². The first-order valence-corrected chi connectivity index (χ1v) is 9.82. The van der Waals surface area contributed by atoms with E-state index in [2.05, 4.69) is 9.97 Å².